The minimum Gasteiger partial charge on any atom is -0.346 e. The van der Waals surface area contributed by atoms with Crippen LogP contribution in [0.5, 0.6) is 0 Å². The van der Waals surface area contributed by atoms with Gasteiger partial charge in [-0.2, -0.15) is 13.7 Å². The Hall–Kier alpha value is -2.82. The van der Waals surface area contributed by atoms with Crippen LogP contribution >= 0.6 is 0 Å². The van der Waals surface area contributed by atoms with Crippen LogP contribution in [0.25, 0.3) is 0 Å². The molecule has 2 aliphatic rings. The Morgan fingerprint density at radius 1 is 1.19 bits per heavy atom. The highest BCUT2D eigenvalue weighted by Gasteiger charge is 2.56. The Labute approximate surface area is 183 Å². The Balaban J connectivity index is 1.63. The van der Waals surface area contributed by atoms with E-state index in [0.29, 0.717) is 0 Å². The molecule has 0 unspecified atom stereocenters. The third-order valence-electron chi connectivity index (χ3n) is 5.17. The lowest BCUT2D eigenvalue weighted by Gasteiger charge is -2.25. The first-order valence-electron chi connectivity index (χ1n) is 9.74. The zero-order valence-corrected chi connectivity index (χ0v) is 18.3. The van der Waals surface area contributed by atoms with Gasteiger partial charge in [-0.15, -0.1) is 0 Å². The van der Waals surface area contributed by atoms with E-state index in [4.69, 9.17) is 18.4 Å². The third kappa shape index (κ3) is 4.13. The van der Waals surface area contributed by atoms with E-state index in [1.807, 2.05) is 6.92 Å². The average molecular weight is 463 g/mol. The topological polar surface area (TPSA) is 150 Å². The Morgan fingerprint density at radius 3 is 2.50 bits per heavy atom. The number of nitriles is 1. The molecule has 11 nitrogen and oxygen atoms in total. The molecule has 4 atom stereocenters. The number of H-pyrrole nitrogens is 1. The van der Waals surface area contributed by atoms with Crippen molar-refractivity contribution in [2.75, 3.05) is 6.61 Å². The molecule has 170 valence electrons. The van der Waals surface area contributed by atoms with Crippen molar-refractivity contribution < 1.29 is 26.8 Å². The van der Waals surface area contributed by atoms with Gasteiger partial charge in [0.25, 0.3) is 15.7 Å². The summed E-state index contributed by atoms with van der Waals surface area (Å²) in [5.41, 5.74) is -0.929. The largest absolute Gasteiger partial charge is 0.346 e. The average Bonchev–Trinajstić information content (AvgIpc) is 3.19. The number of fused-ring (bicyclic) bond motifs is 1. The number of aromatic nitrogens is 2. The van der Waals surface area contributed by atoms with Crippen LogP contribution in [0.15, 0.2) is 44.8 Å². The summed E-state index contributed by atoms with van der Waals surface area (Å²) in [6, 6.07) is 8.92. The van der Waals surface area contributed by atoms with Crippen molar-refractivity contribution in [2.24, 2.45) is 0 Å². The van der Waals surface area contributed by atoms with Crippen molar-refractivity contribution in [1.82, 2.24) is 9.55 Å². The van der Waals surface area contributed by atoms with Crippen LogP contribution in [0.3, 0.4) is 0 Å². The second kappa shape index (κ2) is 7.95. The summed E-state index contributed by atoms with van der Waals surface area (Å²) in [6.07, 6.45) is -3.71. The molecule has 12 heteroatoms. The lowest BCUT2D eigenvalue weighted by atomic mass is 10.1. The fraction of sp³-hybridized carbons (Fsp3) is 0.450. The summed E-state index contributed by atoms with van der Waals surface area (Å²) in [5.74, 6) is -1.05. The van der Waals surface area contributed by atoms with E-state index in [1.165, 1.54) is 12.1 Å². The lowest BCUT2D eigenvalue weighted by Crippen LogP contribution is -2.39. The molecule has 0 bridgehead atoms. The molecule has 32 heavy (non-hydrogen) atoms. The Morgan fingerprint density at radius 2 is 1.84 bits per heavy atom. The van der Waals surface area contributed by atoms with Gasteiger partial charge in [0.1, 0.15) is 30.1 Å². The number of nitrogens with zero attached hydrogens (tertiary/aromatic N) is 2. The van der Waals surface area contributed by atoms with Crippen molar-refractivity contribution in [1.29, 1.82) is 5.26 Å². The van der Waals surface area contributed by atoms with Crippen LogP contribution in [0.4, 0.5) is 0 Å². The molecule has 0 spiro atoms. The van der Waals surface area contributed by atoms with E-state index >= 15 is 0 Å². The number of benzene rings is 1. The molecule has 4 rings (SSSR count). The van der Waals surface area contributed by atoms with Gasteiger partial charge in [-0.3, -0.25) is 18.5 Å². The number of ether oxygens (including phenoxy) is 3. The molecule has 1 aromatic carbocycles. The van der Waals surface area contributed by atoms with Crippen molar-refractivity contribution >= 4 is 10.1 Å². The molecule has 0 aliphatic carbocycles. The van der Waals surface area contributed by atoms with Gasteiger partial charge in [-0.05, 0) is 32.9 Å². The summed E-state index contributed by atoms with van der Waals surface area (Å²) in [6.45, 7) is 4.74. The minimum absolute atomic E-state index is 0.0123. The molecular formula is C20H21N3O8S. The lowest BCUT2D eigenvalue weighted by molar-refractivity contribution is -0.199. The highest BCUT2D eigenvalue weighted by molar-refractivity contribution is 7.86. The van der Waals surface area contributed by atoms with Gasteiger partial charge < -0.3 is 14.2 Å². The number of aryl methyl sites for hydroxylation is 1. The van der Waals surface area contributed by atoms with E-state index in [9.17, 15) is 23.3 Å². The summed E-state index contributed by atoms with van der Waals surface area (Å²) >= 11 is 0. The van der Waals surface area contributed by atoms with Gasteiger partial charge >= 0.3 is 5.69 Å². The number of aromatic amines is 1. The van der Waals surface area contributed by atoms with Crippen molar-refractivity contribution in [2.45, 2.75) is 56.0 Å². The van der Waals surface area contributed by atoms with Crippen LogP contribution in [-0.4, -0.2) is 48.7 Å². The minimum atomic E-state index is -4.08. The first-order chi connectivity index (χ1) is 15.0. The van der Waals surface area contributed by atoms with Gasteiger partial charge in [-0.25, -0.2) is 4.79 Å². The molecular weight excluding hydrogens is 442 g/mol. The van der Waals surface area contributed by atoms with Crippen molar-refractivity contribution in [3.63, 3.8) is 0 Å². The van der Waals surface area contributed by atoms with E-state index in [-0.39, 0.29) is 10.6 Å². The predicted octanol–water partition coefficient (Wildman–Crippen LogP) is 0.540. The van der Waals surface area contributed by atoms with E-state index < -0.39 is 58.3 Å². The Kier molecular flexibility index (Phi) is 5.56. The summed E-state index contributed by atoms with van der Waals surface area (Å²) in [4.78, 5) is 26.1. The first kappa shape index (κ1) is 22.4. The van der Waals surface area contributed by atoms with Gasteiger partial charge in [0, 0.05) is 6.07 Å². The first-order valence-corrected chi connectivity index (χ1v) is 11.1. The molecule has 3 heterocycles. The SMILES string of the molecule is Cc1ccc(S(=O)(=O)OC[C@H]2O[C@@H](n3c(C#N)cc(=O)[nH]c3=O)[C@@H]3OC(C)(C)O[C@@H]32)cc1. The van der Waals surface area contributed by atoms with Gasteiger partial charge in [0.2, 0.25) is 0 Å². The molecule has 2 saturated heterocycles. The molecule has 1 aromatic heterocycles. The quantitative estimate of drug-likeness (QED) is 0.627. The van der Waals surface area contributed by atoms with Gasteiger partial charge in [0.15, 0.2) is 12.0 Å². The summed E-state index contributed by atoms with van der Waals surface area (Å²) < 4.78 is 48.9. The number of nitrogens with one attached hydrogen (secondary N) is 1. The van der Waals surface area contributed by atoms with Gasteiger partial charge in [-0.1, -0.05) is 17.7 Å². The molecule has 0 saturated carbocycles. The van der Waals surface area contributed by atoms with Crippen molar-refractivity contribution in [3.8, 4) is 6.07 Å². The molecule has 2 fully saturated rings. The second-order valence-corrected chi connectivity index (χ2v) is 9.60. The van der Waals surface area contributed by atoms with Crippen LogP contribution in [0.2, 0.25) is 0 Å². The maximum absolute atomic E-state index is 12.6. The summed E-state index contributed by atoms with van der Waals surface area (Å²) in [5, 5.41) is 9.40. The zero-order valence-electron chi connectivity index (χ0n) is 17.5. The van der Waals surface area contributed by atoms with Gasteiger partial charge in [0.05, 0.1) is 11.5 Å². The fourth-order valence-electron chi connectivity index (χ4n) is 3.77. The van der Waals surface area contributed by atoms with E-state index in [1.54, 1.807) is 32.0 Å². The molecule has 1 N–H and O–H groups in total. The highest BCUT2D eigenvalue weighted by Crippen LogP contribution is 2.43. The smallest absolute Gasteiger partial charge is 0.331 e. The fourth-order valence-corrected chi connectivity index (χ4v) is 4.69. The third-order valence-corrected chi connectivity index (χ3v) is 6.46. The molecule has 0 radical (unpaired) electrons. The maximum atomic E-state index is 12.6. The highest BCUT2D eigenvalue weighted by atomic mass is 32.2. The number of rotatable bonds is 5. The zero-order chi connectivity index (χ0) is 23.3. The normalized spacial score (nSPS) is 26.6. The molecule has 2 aromatic rings. The van der Waals surface area contributed by atoms with Crippen LogP contribution in [0.1, 0.15) is 31.3 Å². The summed E-state index contributed by atoms with van der Waals surface area (Å²) in [7, 11) is -4.08. The number of hydrogen-bond acceptors (Lipinski definition) is 9. The molecule has 0 amide bonds. The van der Waals surface area contributed by atoms with E-state index in [2.05, 4.69) is 4.98 Å². The number of hydrogen-bond donors (Lipinski definition) is 1. The van der Waals surface area contributed by atoms with Crippen LogP contribution in [-0.2, 0) is 28.5 Å². The Bertz CT molecular complexity index is 1290. The molecule has 2 aliphatic heterocycles. The van der Waals surface area contributed by atoms with Crippen LogP contribution in [0, 0.1) is 18.3 Å². The monoisotopic (exact) mass is 463 g/mol. The maximum Gasteiger partial charge on any atom is 0.331 e. The second-order valence-electron chi connectivity index (χ2n) is 7.99. The predicted molar refractivity (Wildman–Crippen MR) is 108 cm³/mol. The van der Waals surface area contributed by atoms with E-state index in [0.717, 1.165) is 16.2 Å². The standard InChI is InChI=1S/C20H21N3O8S/c1-11-4-6-13(7-5-11)32(26,27)28-10-14-16-17(31-20(2,3)30-16)18(29-14)23-12(9-21)8-15(24)22-19(23)25/h4-8,14,16-18H,10H2,1-3H3,(H,22,24,25)/t14-,16-,17-,18-/m1/s1. The van der Waals surface area contributed by atoms with Crippen LogP contribution < -0.4 is 11.2 Å². The van der Waals surface area contributed by atoms with Crippen molar-refractivity contribution in [3.05, 3.63) is 62.4 Å².